The average molecular weight is 410 g/mol. The Hall–Kier alpha value is -2.43. The van der Waals surface area contributed by atoms with Crippen molar-refractivity contribution < 1.29 is 26.4 Å². The lowest BCUT2D eigenvalue weighted by Crippen LogP contribution is -2.29. The second kappa shape index (κ2) is 7.29. The van der Waals surface area contributed by atoms with E-state index in [2.05, 4.69) is 4.72 Å². The van der Waals surface area contributed by atoms with Crippen LogP contribution >= 0.6 is 0 Å². The van der Waals surface area contributed by atoms with Crippen LogP contribution in [0.4, 0.5) is 5.69 Å². The van der Waals surface area contributed by atoms with Gasteiger partial charge in [0.05, 0.1) is 23.4 Å². The molecule has 0 aliphatic carbocycles. The maximum atomic E-state index is 12.5. The largest absolute Gasteiger partial charge is 0.496 e. The highest BCUT2D eigenvalue weighted by Crippen LogP contribution is 2.26. The quantitative estimate of drug-likeness (QED) is 0.767. The number of rotatable bonds is 6. The van der Waals surface area contributed by atoms with Crippen LogP contribution in [0, 0.1) is 0 Å². The van der Waals surface area contributed by atoms with Gasteiger partial charge in [-0.2, -0.15) is 0 Å². The Kier molecular flexibility index (Phi) is 5.22. The van der Waals surface area contributed by atoms with Crippen LogP contribution in [0.1, 0.15) is 12.0 Å². The summed E-state index contributed by atoms with van der Waals surface area (Å²) in [5, 5.41) is 0. The van der Waals surface area contributed by atoms with Crippen LogP contribution < -0.4 is 13.8 Å². The van der Waals surface area contributed by atoms with E-state index in [-0.39, 0.29) is 29.3 Å². The topological polar surface area (TPSA) is 110 Å². The molecular weight excluding hydrogens is 392 g/mol. The van der Waals surface area contributed by atoms with E-state index in [1.54, 1.807) is 24.3 Å². The normalized spacial score (nSPS) is 16.5. The molecule has 0 spiro atoms. The summed E-state index contributed by atoms with van der Waals surface area (Å²) in [4.78, 5) is 11.8. The first-order chi connectivity index (χ1) is 12.7. The fourth-order valence-electron chi connectivity index (χ4n) is 2.73. The van der Waals surface area contributed by atoms with Gasteiger partial charge in [-0.05, 0) is 30.3 Å². The number of methoxy groups -OCH3 is 1. The molecule has 3 rings (SSSR count). The molecule has 0 bridgehead atoms. The minimum Gasteiger partial charge on any atom is -0.496 e. The minimum atomic E-state index is -3.82. The van der Waals surface area contributed by atoms with Crippen LogP contribution in [0.25, 0.3) is 0 Å². The van der Waals surface area contributed by atoms with Crippen LogP contribution in [0.3, 0.4) is 0 Å². The van der Waals surface area contributed by atoms with E-state index in [9.17, 15) is 21.6 Å². The van der Waals surface area contributed by atoms with Crippen molar-refractivity contribution in [1.29, 1.82) is 0 Å². The Balaban J connectivity index is 1.79. The number of amides is 1. The predicted octanol–water partition coefficient (Wildman–Crippen LogP) is 1.24. The van der Waals surface area contributed by atoms with Gasteiger partial charge in [0.1, 0.15) is 5.75 Å². The van der Waals surface area contributed by atoms with Gasteiger partial charge in [0.25, 0.3) is 0 Å². The average Bonchev–Trinajstić information content (AvgIpc) is 2.93. The summed E-state index contributed by atoms with van der Waals surface area (Å²) in [6.07, 6.45) is -0.0805. The molecule has 2 aromatic rings. The number of hydrogen-bond acceptors (Lipinski definition) is 6. The molecule has 0 aromatic heterocycles. The number of nitrogens with one attached hydrogen (secondary N) is 1. The second-order valence-corrected chi connectivity index (χ2v) is 9.56. The lowest BCUT2D eigenvalue weighted by atomic mass is 10.2. The van der Waals surface area contributed by atoms with Gasteiger partial charge in [0, 0.05) is 18.5 Å². The Morgan fingerprint density at radius 2 is 1.78 bits per heavy atom. The number of ether oxygens (including phenoxy) is 1. The highest BCUT2D eigenvalue weighted by atomic mass is 32.2. The van der Waals surface area contributed by atoms with Gasteiger partial charge in [0.2, 0.25) is 26.0 Å². The third-order valence-electron chi connectivity index (χ3n) is 4.11. The van der Waals surface area contributed by atoms with Crippen LogP contribution in [0.2, 0.25) is 0 Å². The molecule has 8 nitrogen and oxygen atoms in total. The summed E-state index contributed by atoms with van der Waals surface area (Å²) >= 11 is 0. The molecule has 1 aliphatic rings. The number of anilines is 1. The number of hydrogen-bond donors (Lipinski definition) is 1. The van der Waals surface area contributed by atoms with Gasteiger partial charge in [-0.15, -0.1) is 0 Å². The third kappa shape index (κ3) is 3.97. The van der Waals surface area contributed by atoms with E-state index in [1.165, 1.54) is 31.4 Å². The summed E-state index contributed by atoms with van der Waals surface area (Å²) in [7, 11) is -6.01. The van der Waals surface area contributed by atoms with Crippen LogP contribution in [-0.2, 0) is 31.4 Å². The first-order valence-electron chi connectivity index (χ1n) is 8.02. The maximum absolute atomic E-state index is 12.5. The van der Waals surface area contributed by atoms with E-state index < -0.39 is 26.0 Å². The number of carbonyl (C=O) groups is 1. The fourth-order valence-corrected chi connectivity index (χ4v) is 5.20. The molecule has 10 heteroatoms. The van der Waals surface area contributed by atoms with Crippen molar-refractivity contribution in [2.75, 3.05) is 17.2 Å². The maximum Gasteiger partial charge on any atom is 0.242 e. The smallest absolute Gasteiger partial charge is 0.242 e. The van der Waals surface area contributed by atoms with E-state index in [0.29, 0.717) is 15.6 Å². The van der Waals surface area contributed by atoms with E-state index in [1.807, 2.05) is 0 Å². The lowest BCUT2D eigenvalue weighted by molar-refractivity contribution is -0.116. The molecule has 0 radical (unpaired) electrons. The number of carbonyl (C=O) groups excluding carboxylic acids is 1. The first kappa shape index (κ1) is 19.3. The summed E-state index contributed by atoms with van der Waals surface area (Å²) in [5.41, 5.74) is 0.801. The zero-order chi connectivity index (χ0) is 19.7. The number of para-hydroxylation sites is 1. The van der Waals surface area contributed by atoms with Crippen molar-refractivity contribution in [2.24, 2.45) is 0 Å². The molecule has 1 saturated heterocycles. The van der Waals surface area contributed by atoms with Gasteiger partial charge >= 0.3 is 0 Å². The summed E-state index contributed by atoms with van der Waals surface area (Å²) in [6.45, 7) is 0.0348. The van der Waals surface area contributed by atoms with Crippen molar-refractivity contribution in [2.45, 2.75) is 17.9 Å². The summed E-state index contributed by atoms with van der Waals surface area (Å²) < 4.78 is 57.2. The highest BCUT2D eigenvalue weighted by molar-refractivity contribution is 7.94. The molecule has 27 heavy (non-hydrogen) atoms. The number of nitrogens with zero attached hydrogens (tertiary/aromatic N) is 1. The minimum absolute atomic E-state index is 0.0348. The number of benzene rings is 2. The van der Waals surface area contributed by atoms with Gasteiger partial charge in [-0.1, -0.05) is 18.2 Å². The molecule has 0 atom stereocenters. The first-order valence-corrected chi connectivity index (χ1v) is 11.1. The van der Waals surface area contributed by atoms with Crippen LogP contribution in [0.15, 0.2) is 53.4 Å². The molecule has 1 aliphatic heterocycles. The Labute approximate surface area is 157 Å². The van der Waals surface area contributed by atoms with Gasteiger partial charge in [-0.3, -0.25) is 4.79 Å². The van der Waals surface area contributed by atoms with Crippen molar-refractivity contribution in [3.63, 3.8) is 0 Å². The monoisotopic (exact) mass is 410 g/mol. The Morgan fingerprint density at radius 3 is 2.37 bits per heavy atom. The van der Waals surface area contributed by atoms with Crippen molar-refractivity contribution in [3.8, 4) is 5.75 Å². The predicted molar refractivity (Wildman–Crippen MR) is 99.4 cm³/mol. The zero-order valence-electron chi connectivity index (χ0n) is 14.5. The van der Waals surface area contributed by atoms with Gasteiger partial charge in [-0.25, -0.2) is 25.9 Å². The standard InChI is InChI=1S/C17H18N2O6S2/c1-25-16-5-3-2-4-13(16)12-18-27(23,24)15-8-6-14(7-9-15)19-17(20)10-11-26(19,21)22/h2-9,18H,10-12H2,1H3. The van der Waals surface area contributed by atoms with E-state index in [0.717, 1.165) is 0 Å². The number of sulfonamides is 2. The molecule has 144 valence electrons. The summed E-state index contributed by atoms with van der Waals surface area (Å²) in [5.74, 6) is -0.208. The van der Waals surface area contributed by atoms with Crippen molar-refractivity contribution in [3.05, 3.63) is 54.1 Å². The van der Waals surface area contributed by atoms with Crippen LogP contribution in [0.5, 0.6) is 5.75 Å². The molecule has 1 amide bonds. The molecule has 1 fully saturated rings. The van der Waals surface area contributed by atoms with Crippen LogP contribution in [-0.4, -0.2) is 35.6 Å². The Morgan fingerprint density at radius 1 is 1.11 bits per heavy atom. The zero-order valence-corrected chi connectivity index (χ0v) is 16.1. The van der Waals surface area contributed by atoms with Gasteiger partial charge in [0.15, 0.2) is 0 Å². The summed E-state index contributed by atoms with van der Waals surface area (Å²) in [6, 6.07) is 12.2. The molecule has 1 N–H and O–H groups in total. The van der Waals surface area contributed by atoms with Gasteiger partial charge < -0.3 is 4.74 Å². The third-order valence-corrected chi connectivity index (χ3v) is 7.21. The van der Waals surface area contributed by atoms with Crippen molar-refractivity contribution >= 4 is 31.6 Å². The second-order valence-electron chi connectivity index (χ2n) is 5.85. The Bertz CT molecular complexity index is 1060. The lowest BCUT2D eigenvalue weighted by Gasteiger charge is -2.15. The van der Waals surface area contributed by atoms with E-state index >= 15 is 0 Å². The SMILES string of the molecule is COc1ccccc1CNS(=O)(=O)c1ccc(N2C(=O)CCS2(=O)=O)cc1. The molecule has 2 aromatic carbocycles. The fraction of sp³-hybridized carbons (Fsp3) is 0.235. The molecule has 1 heterocycles. The highest BCUT2D eigenvalue weighted by Gasteiger charge is 2.36. The molecular formula is C17H18N2O6S2. The molecule has 0 unspecified atom stereocenters. The van der Waals surface area contributed by atoms with E-state index in [4.69, 9.17) is 4.74 Å². The molecule has 0 saturated carbocycles. The van der Waals surface area contributed by atoms with Crippen molar-refractivity contribution in [1.82, 2.24) is 4.72 Å².